The molecule has 0 radical (unpaired) electrons. The minimum Gasteiger partial charge on any atom is -0.308 e. The Labute approximate surface area is 126 Å². The fourth-order valence-electron chi connectivity index (χ4n) is 2.68. The van der Waals surface area contributed by atoms with Crippen molar-refractivity contribution in [1.29, 1.82) is 0 Å². The van der Waals surface area contributed by atoms with Gasteiger partial charge in [-0.1, -0.05) is 0 Å². The molecule has 4 heterocycles. The molecule has 22 heavy (non-hydrogen) atoms. The Morgan fingerprint density at radius 3 is 2.82 bits per heavy atom. The van der Waals surface area contributed by atoms with E-state index in [9.17, 15) is 4.79 Å². The summed E-state index contributed by atoms with van der Waals surface area (Å²) in [5.74, 6) is 0.768. The van der Waals surface area contributed by atoms with Gasteiger partial charge in [0.15, 0.2) is 5.82 Å². The van der Waals surface area contributed by atoms with Gasteiger partial charge in [0, 0.05) is 11.3 Å². The minimum absolute atomic E-state index is 0.118. The number of carbonyl (C=O) groups excluding carboxylic acids is 1. The van der Waals surface area contributed by atoms with Gasteiger partial charge in [0.05, 0.1) is 17.7 Å². The fourth-order valence-corrected chi connectivity index (χ4v) is 2.68. The van der Waals surface area contributed by atoms with Crippen LogP contribution < -0.4 is 5.32 Å². The van der Waals surface area contributed by atoms with Crippen LogP contribution in [0.15, 0.2) is 17.1 Å². The summed E-state index contributed by atoms with van der Waals surface area (Å²) in [5.41, 5.74) is 3.34. The van der Waals surface area contributed by atoms with Crippen LogP contribution in [-0.2, 0) is 16.8 Å². The summed E-state index contributed by atoms with van der Waals surface area (Å²) >= 11 is 0. The Balaban J connectivity index is 1.79. The second-order valence-corrected chi connectivity index (χ2v) is 6.02. The highest BCUT2D eigenvalue weighted by Crippen LogP contribution is 2.34. The third kappa shape index (κ3) is 1.68. The summed E-state index contributed by atoms with van der Waals surface area (Å²) in [7, 11) is 0. The summed E-state index contributed by atoms with van der Waals surface area (Å²) in [5, 5.41) is 11.1. The van der Waals surface area contributed by atoms with Crippen molar-refractivity contribution in [3.63, 3.8) is 0 Å². The lowest BCUT2D eigenvalue weighted by atomic mass is 9.91. The molecule has 2 aromatic heterocycles. The first kappa shape index (κ1) is 13.0. The predicted octanol–water partition coefficient (Wildman–Crippen LogP) is 1.16. The van der Waals surface area contributed by atoms with Crippen LogP contribution in [0.25, 0.3) is 0 Å². The number of aliphatic imine (C=N–C) groups is 1. The van der Waals surface area contributed by atoms with Gasteiger partial charge >= 0.3 is 0 Å². The number of anilines is 1. The van der Waals surface area contributed by atoms with Gasteiger partial charge in [-0.2, -0.15) is 0 Å². The number of aryl methyl sites for hydroxylation is 1. The van der Waals surface area contributed by atoms with Gasteiger partial charge in [0.1, 0.15) is 11.4 Å². The summed E-state index contributed by atoms with van der Waals surface area (Å²) in [6, 6.07) is 3.91. The summed E-state index contributed by atoms with van der Waals surface area (Å²) < 4.78 is 0. The van der Waals surface area contributed by atoms with E-state index in [-0.39, 0.29) is 5.91 Å². The molecule has 1 N–H and O–H groups in total. The lowest BCUT2D eigenvalue weighted by molar-refractivity contribution is -0.119. The van der Waals surface area contributed by atoms with Gasteiger partial charge in [0.25, 0.3) is 0 Å². The van der Waals surface area contributed by atoms with Crippen LogP contribution in [0.4, 0.5) is 5.82 Å². The van der Waals surface area contributed by atoms with E-state index >= 15 is 0 Å². The molecule has 0 spiro atoms. The number of hydrogen-bond acceptors (Lipinski definition) is 6. The molecular formula is C15H14N6O. The summed E-state index contributed by atoms with van der Waals surface area (Å²) in [6.07, 6.45) is 0. The molecule has 0 fully saturated rings. The largest absolute Gasteiger partial charge is 0.308 e. The average molecular weight is 294 g/mol. The Hall–Kier alpha value is -2.70. The molecule has 0 saturated heterocycles. The van der Waals surface area contributed by atoms with Gasteiger partial charge < -0.3 is 5.32 Å². The first-order valence-electron chi connectivity index (χ1n) is 7.05. The van der Waals surface area contributed by atoms with Crippen molar-refractivity contribution in [3.05, 3.63) is 40.6 Å². The van der Waals surface area contributed by atoms with Crippen molar-refractivity contribution in [2.24, 2.45) is 4.99 Å². The monoisotopic (exact) mass is 294 g/mol. The van der Waals surface area contributed by atoms with Crippen molar-refractivity contribution in [2.45, 2.75) is 32.7 Å². The quantitative estimate of drug-likeness (QED) is 0.851. The highest BCUT2D eigenvalue weighted by Gasteiger charge is 2.42. The number of nitrogens with one attached hydrogen (secondary N) is 1. The Kier molecular flexibility index (Phi) is 2.46. The maximum absolute atomic E-state index is 12.0. The third-order valence-electron chi connectivity index (χ3n) is 4.05. The first-order chi connectivity index (χ1) is 10.5. The van der Waals surface area contributed by atoms with Crippen LogP contribution in [-0.4, -0.2) is 31.8 Å². The molecule has 2 aromatic rings. The molecule has 0 saturated carbocycles. The topological polar surface area (TPSA) is 93.0 Å². The van der Waals surface area contributed by atoms with E-state index in [1.807, 2.05) is 19.1 Å². The molecule has 7 nitrogen and oxygen atoms in total. The number of aromatic nitrogens is 4. The van der Waals surface area contributed by atoms with Crippen molar-refractivity contribution in [1.82, 2.24) is 20.2 Å². The number of fused-ring (bicyclic) bond motifs is 2. The fraction of sp³-hybridized carbons (Fsp3) is 0.333. The molecule has 0 aliphatic carbocycles. The predicted molar refractivity (Wildman–Crippen MR) is 79.8 cm³/mol. The number of pyridine rings is 1. The minimum atomic E-state index is -0.706. The molecule has 110 valence electrons. The van der Waals surface area contributed by atoms with E-state index in [2.05, 4.69) is 30.5 Å². The summed E-state index contributed by atoms with van der Waals surface area (Å²) in [6.45, 7) is 6.08. The van der Waals surface area contributed by atoms with E-state index < -0.39 is 5.41 Å². The molecule has 2 aliphatic heterocycles. The Morgan fingerprint density at radius 2 is 2.00 bits per heavy atom. The maximum atomic E-state index is 12.0. The zero-order chi connectivity index (χ0) is 15.5. The van der Waals surface area contributed by atoms with Gasteiger partial charge in [-0.15, -0.1) is 10.2 Å². The average Bonchev–Trinajstić information content (AvgIpc) is 2.98. The molecule has 1 amide bonds. The first-order valence-corrected chi connectivity index (χ1v) is 7.05. The van der Waals surface area contributed by atoms with Crippen LogP contribution in [0.3, 0.4) is 0 Å². The van der Waals surface area contributed by atoms with E-state index in [4.69, 9.17) is 0 Å². The van der Waals surface area contributed by atoms with Crippen LogP contribution in [0.5, 0.6) is 0 Å². The highest BCUT2D eigenvalue weighted by atomic mass is 16.2. The molecule has 7 heteroatoms. The number of rotatable bonds is 1. The zero-order valence-corrected chi connectivity index (χ0v) is 12.5. The van der Waals surface area contributed by atoms with Crippen LogP contribution >= 0.6 is 0 Å². The van der Waals surface area contributed by atoms with Gasteiger partial charge in [-0.05, 0) is 32.9 Å². The number of carbonyl (C=O) groups is 1. The highest BCUT2D eigenvalue weighted by molar-refractivity contribution is 6.13. The van der Waals surface area contributed by atoms with Crippen molar-refractivity contribution in [3.8, 4) is 0 Å². The van der Waals surface area contributed by atoms with Gasteiger partial charge in [-0.25, -0.2) is 4.98 Å². The van der Waals surface area contributed by atoms with Gasteiger partial charge in [-0.3, -0.25) is 14.8 Å². The van der Waals surface area contributed by atoms with Crippen molar-refractivity contribution in [2.75, 3.05) is 5.32 Å². The van der Waals surface area contributed by atoms with Crippen LogP contribution in [0.1, 0.15) is 42.3 Å². The third-order valence-corrected chi connectivity index (χ3v) is 4.05. The number of hydrogen-bond donors (Lipinski definition) is 1. The molecule has 0 bridgehead atoms. The SMILES string of the molecule is Cc1ccc2c(n1)CN=C2c1nnc2c(n1)NC(=O)C2(C)C. The zero-order valence-electron chi connectivity index (χ0n) is 12.5. The van der Waals surface area contributed by atoms with Crippen LogP contribution in [0.2, 0.25) is 0 Å². The lowest BCUT2D eigenvalue weighted by Gasteiger charge is -2.12. The normalized spacial score (nSPS) is 17.8. The standard InChI is InChI=1S/C15H14N6O/c1-7-4-5-8-9(17-7)6-16-10(8)12-18-13-11(20-21-12)15(2,3)14(22)19-13/h4-5H,6H2,1-3H3,(H,18,19,21,22). The maximum Gasteiger partial charge on any atom is 0.237 e. The van der Waals surface area contributed by atoms with E-state index in [0.717, 1.165) is 17.0 Å². The van der Waals surface area contributed by atoms with Crippen molar-refractivity contribution >= 4 is 17.4 Å². The molecule has 0 atom stereocenters. The van der Waals surface area contributed by atoms with E-state index in [1.54, 1.807) is 13.8 Å². The Morgan fingerprint density at radius 1 is 1.18 bits per heavy atom. The molecule has 2 aliphatic rings. The number of amides is 1. The molecular weight excluding hydrogens is 280 g/mol. The number of nitrogens with zero attached hydrogens (tertiary/aromatic N) is 5. The van der Waals surface area contributed by atoms with Gasteiger partial charge in [0.2, 0.25) is 11.7 Å². The Bertz CT molecular complexity index is 855. The molecule has 0 unspecified atom stereocenters. The smallest absolute Gasteiger partial charge is 0.237 e. The van der Waals surface area contributed by atoms with Crippen molar-refractivity contribution < 1.29 is 4.79 Å². The van der Waals surface area contributed by atoms with Crippen LogP contribution in [0, 0.1) is 6.92 Å². The second-order valence-electron chi connectivity index (χ2n) is 6.02. The second kappa shape index (κ2) is 4.16. The summed E-state index contributed by atoms with van der Waals surface area (Å²) in [4.78, 5) is 25.3. The molecule has 4 rings (SSSR count). The van der Waals surface area contributed by atoms with E-state index in [0.29, 0.717) is 29.6 Å². The molecule has 0 aromatic carbocycles. The van der Waals surface area contributed by atoms with E-state index in [1.165, 1.54) is 0 Å². The lowest BCUT2D eigenvalue weighted by Crippen LogP contribution is -2.27.